The van der Waals surface area contributed by atoms with Gasteiger partial charge in [0.25, 0.3) is 0 Å². The van der Waals surface area contributed by atoms with E-state index in [9.17, 15) is 14.0 Å². The van der Waals surface area contributed by atoms with Crippen molar-refractivity contribution in [1.82, 2.24) is 0 Å². The smallest absolute Gasteiger partial charge is 0.337 e. The van der Waals surface area contributed by atoms with Crippen LogP contribution in [0.1, 0.15) is 15.9 Å². The Morgan fingerprint density at radius 3 is 2.62 bits per heavy atom. The maximum Gasteiger partial charge on any atom is 0.337 e. The van der Waals surface area contributed by atoms with Crippen molar-refractivity contribution in [3.8, 4) is 0 Å². The lowest BCUT2D eigenvalue weighted by Crippen LogP contribution is -2.05. The maximum absolute atomic E-state index is 13.4. The first kappa shape index (κ1) is 11.9. The van der Waals surface area contributed by atoms with Gasteiger partial charge in [-0.15, -0.1) is 0 Å². The lowest BCUT2D eigenvalue weighted by atomic mass is 10.1. The molecule has 0 bridgehead atoms. The highest BCUT2D eigenvalue weighted by molar-refractivity contribution is 5.91. The Labute approximate surface area is 91.5 Å². The highest BCUT2D eigenvalue weighted by atomic mass is 19.1. The lowest BCUT2D eigenvalue weighted by molar-refractivity contribution is -0.113. The number of rotatable bonds is 3. The van der Waals surface area contributed by atoms with Gasteiger partial charge in [-0.2, -0.15) is 0 Å². The van der Waals surface area contributed by atoms with Gasteiger partial charge in [0, 0.05) is 11.6 Å². The highest BCUT2D eigenvalue weighted by Crippen LogP contribution is 2.12. The molecule has 0 atom stereocenters. The molecule has 0 unspecified atom stereocenters. The molecule has 0 saturated heterocycles. The number of carbonyl (C=O) groups excluding carboxylic acids is 2. The van der Waals surface area contributed by atoms with Gasteiger partial charge in [-0.05, 0) is 18.2 Å². The molecule has 0 aliphatic carbocycles. The van der Waals surface area contributed by atoms with E-state index in [1.165, 1.54) is 25.3 Å². The summed E-state index contributed by atoms with van der Waals surface area (Å²) in [7, 11) is 1.21. The maximum atomic E-state index is 13.4. The van der Waals surface area contributed by atoms with Gasteiger partial charge in [-0.25, -0.2) is 9.18 Å². The first-order valence-corrected chi connectivity index (χ1v) is 4.40. The van der Waals surface area contributed by atoms with Crippen LogP contribution in [0.5, 0.6) is 0 Å². The first-order valence-electron chi connectivity index (χ1n) is 4.40. The Morgan fingerprint density at radius 1 is 1.44 bits per heavy atom. The summed E-state index contributed by atoms with van der Waals surface area (Å²) in [5.74, 6) is -1.92. The molecular formula is C11H10FNO3. The topological polar surface area (TPSA) is 69.4 Å². The van der Waals surface area contributed by atoms with Gasteiger partial charge in [0.05, 0.1) is 12.7 Å². The van der Waals surface area contributed by atoms with Crippen molar-refractivity contribution in [2.24, 2.45) is 5.73 Å². The fourth-order valence-corrected chi connectivity index (χ4v) is 1.08. The van der Waals surface area contributed by atoms with E-state index in [1.54, 1.807) is 0 Å². The molecule has 2 N–H and O–H groups in total. The molecule has 1 amide bonds. The third kappa shape index (κ3) is 2.91. The van der Waals surface area contributed by atoms with Crippen LogP contribution in [0.25, 0.3) is 6.08 Å². The van der Waals surface area contributed by atoms with E-state index < -0.39 is 17.7 Å². The predicted molar refractivity (Wildman–Crippen MR) is 56.0 cm³/mol. The quantitative estimate of drug-likeness (QED) is 0.616. The molecule has 1 aromatic rings. The predicted octanol–water partition coefficient (Wildman–Crippen LogP) is 1.11. The van der Waals surface area contributed by atoms with Crippen LogP contribution in [-0.2, 0) is 9.53 Å². The van der Waals surface area contributed by atoms with E-state index in [2.05, 4.69) is 4.74 Å². The number of nitrogens with two attached hydrogens (primary N) is 1. The minimum Gasteiger partial charge on any atom is -0.465 e. The average Bonchev–Trinajstić information content (AvgIpc) is 2.26. The van der Waals surface area contributed by atoms with Crippen LogP contribution in [-0.4, -0.2) is 19.0 Å². The van der Waals surface area contributed by atoms with E-state index in [0.29, 0.717) is 0 Å². The number of amides is 1. The fraction of sp³-hybridized carbons (Fsp3) is 0.0909. The summed E-state index contributed by atoms with van der Waals surface area (Å²) in [5.41, 5.74) is 5.15. The van der Waals surface area contributed by atoms with Crippen LogP contribution in [0.4, 0.5) is 4.39 Å². The zero-order valence-electron chi connectivity index (χ0n) is 8.57. The molecule has 16 heavy (non-hydrogen) atoms. The van der Waals surface area contributed by atoms with E-state index in [1.807, 2.05) is 0 Å². The largest absolute Gasteiger partial charge is 0.465 e. The van der Waals surface area contributed by atoms with Crippen LogP contribution < -0.4 is 5.73 Å². The van der Waals surface area contributed by atoms with Gasteiger partial charge in [0.2, 0.25) is 5.91 Å². The summed E-state index contributed by atoms with van der Waals surface area (Å²) in [6.45, 7) is 0. The van der Waals surface area contributed by atoms with E-state index >= 15 is 0 Å². The van der Waals surface area contributed by atoms with Crippen molar-refractivity contribution in [3.05, 3.63) is 41.2 Å². The van der Waals surface area contributed by atoms with Crippen molar-refractivity contribution < 1.29 is 18.7 Å². The molecular weight excluding hydrogens is 213 g/mol. The van der Waals surface area contributed by atoms with Crippen LogP contribution in [0.2, 0.25) is 0 Å². The second-order valence-electron chi connectivity index (χ2n) is 2.96. The summed E-state index contributed by atoms with van der Waals surface area (Å²) in [4.78, 5) is 21.5. The monoisotopic (exact) mass is 223 g/mol. The van der Waals surface area contributed by atoms with E-state index in [4.69, 9.17) is 5.73 Å². The summed E-state index contributed by atoms with van der Waals surface area (Å²) >= 11 is 0. The normalized spacial score (nSPS) is 10.4. The number of hydrogen-bond donors (Lipinski definition) is 1. The van der Waals surface area contributed by atoms with Crippen molar-refractivity contribution in [1.29, 1.82) is 0 Å². The van der Waals surface area contributed by atoms with Crippen molar-refractivity contribution in [2.75, 3.05) is 7.11 Å². The average molecular weight is 223 g/mol. The highest BCUT2D eigenvalue weighted by Gasteiger charge is 2.08. The van der Waals surface area contributed by atoms with Crippen molar-refractivity contribution in [2.45, 2.75) is 0 Å². The van der Waals surface area contributed by atoms with Gasteiger partial charge >= 0.3 is 5.97 Å². The number of halogens is 1. The third-order valence-electron chi connectivity index (χ3n) is 1.85. The fourth-order valence-electron chi connectivity index (χ4n) is 1.08. The van der Waals surface area contributed by atoms with Crippen molar-refractivity contribution in [3.63, 3.8) is 0 Å². The van der Waals surface area contributed by atoms with Crippen LogP contribution >= 0.6 is 0 Å². The number of methoxy groups -OCH3 is 1. The zero-order valence-corrected chi connectivity index (χ0v) is 8.57. The standard InChI is InChI=1S/C11H10FNO3/c1-16-11(15)8-3-2-7(9(12)6-8)4-5-10(13)14/h2-6H,1H3,(H2,13,14). The molecule has 4 nitrogen and oxygen atoms in total. The summed E-state index contributed by atoms with van der Waals surface area (Å²) in [6, 6.07) is 3.79. The number of esters is 1. The third-order valence-corrected chi connectivity index (χ3v) is 1.85. The van der Waals surface area contributed by atoms with Crippen LogP contribution in [0.3, 0.4) is 0 Å². The lowest BCUT2D eigenvalue weighted by Gasteiger charge is -2.01. The minimum absolute atomic E-state index is 0.108. The Hall–Kier alpha value is -2.17. The Morgan fingerprint density at radius 2 is 2.12 bits per heavy atom. The first-order chi connectivity index (χ1) is 7.54. The molecule has 0 saturated carbocycles. The summed E-state index contributed by atoms with van der Waals surface area (Å²) in [5, 5.41) is 0. The van der Waals surface area contributed by atoms with E-state index in [0.717, 1.165) is 12.1 Å². The summed E-state index contributed by atoms with van der Waals surface area (Å²) in [6.07, 6.45) is 2.27. The van der Waals surface area contributed by atoms with Gasteiger partial charge in [0.1, 0.15) is 5.82 Å². The molecule has 0 heterocycles. The molecule has 0 spiro atoms. The zero-order chi connectivity index (χ0) is 12.1. The Kier molecular flexibility index (Phi) is 3.77. The van der Waals surface area contributed by atoms with Crippen LogP contribution in [0.15, 0.2) is 24.3 Å². The number of hydrogen-bond acceptors (Lipinski definition) is 3. The van der Waals surface area contributed by atoms with Gasteiger partial charge in [-0.1, -0.05) is 6.07 Å². The molecule has 0 aromatic heterocycles. The summed E-state index contributed by atoms with van der Waals surface area (Å²) < 4.78 is 17.8. The molecule has 0 aliphatic heterocycles. The van der Waals surface area contributed by atoms with Crippen LogP contribution in [0, 0.1) is 5.82 Å². The second-order valence-corrected chi connectivity index (χ2v) is 2.96. The number of carbonyl (C=O) groups is 2. The van der Waals surface area contributed by atoms with E-state index in [-0.39, 0.29) is 11.1 Å². The van der Waals surface area contributed by atoms with Gasteiger partial charge < -0.3 is 10.5 Å². The number of ether oxygens (including phenoxy) is 1. The minimum atomic E-state index is -0.670. The van der Waals surface area contributed by atoms with Crippen molar-refractivity contribution >= 4 is 18.0 Å². The molecule has 1 aromatic carbocycles. The van der Waals surface area contributed by atoms with Gasteiger partial charge in [-0.3, -0.25) is 4.79 Å². The molecule has 0 fully saturated rings. The second kappa shape index (κ2) is 5.06. The molecule has 0 radical (unpaired) electrons. The Bertz CT molecular complexity index is 455. The molecule has 1 rings (SSSR count). The molecule has 0 aliphatic rings. The van der Waals surface area contributed by atoms with Gasteiger partial charge in [0.15, 0.2) is 0 Å². The number of primary amides is 1. The molecule has 84 valence electrons. The Balaban J connectivity index is 3.00. The SMILES string of the molecule is COC(=O)c1ccc(C=CC(N)=O)c(F)c1. The number of benzene rings is 1. The molecule has 5 heteroatoms.